The van der Waals surface area contributed by atoms with Crippen LogP contribution in [-0.2, 0) is 21.4 Å². The molecule has 0 unspecified atom stereocenters. The predicted octanol–water partition coefficient (Wildman–Crippen LogP) is 1.10. The summed E-state index contributed by atoms with van der Waals surface area (Å²) in [5.74, 6) is 0.585. The van der Waals surface area contributed by atoms with Crippen LogP contribution in [0.1, 0.15) is 19.4 Å². The molecule has 0 spiro atoms. The highest BCUT2D eigenvalue weighted by Crippen LogP contribution is 2.34. The number of nitrogens with one attached hydrogen (secondary N) is 1. The van der Waals surface area contributed by atoms with Crippen LogP contribution in [0.3, 0.4) is 0 Å². The Labute approximate surface area is 158 Å². The molecule has 1 aliphatic heterocycles. The van der Waals surface area contributed by atoms with Crippen molar-refractivity contribution in [1.29, 1.82) is 0 Å². The van der Waals surface area contributed by atoms with Crippen molar-refractivity contribution in [3.63, 3.8) is 0 Å². The average molecular weight is 403 g/mol. The minimum absolute atomic E-state index is 0.0127. The van der Waals surface area contributed by atoms with E-state index in [4.69, 9.17) is 14.2 Å². The molecular formula is C16H25N3O7S. The van der Waals surface area contributed by atoms with Gasteiger partial charge in [0.15, 0.2) is 11.5 Å². The minimum Gasteiger partial charge on any atom is -0.493 e. The number of ether oxygens (including phenoxy) is 3. The Bertz CT molecular complexity index is 774. The third-order valence-electron chi connectivity index (χ3n) is 4.19. The van der Waals surface area contributed by atoms with E-state index in [1.165, 1.54) is 30.7 Å². The normalized spacial score (nSPS) is 21.0. The topological polar surface area (TPSA) is 120 Å². The summed E-state index contributed by atoms with van der Waals surface area (Å²) in [5, 5.41) is 11.3. The van der Waals surface area contributed by atoms with Crippen molar-refractivity contribution in [2.75, 3.05) is 33.9 Å². The molecule has 1 aromatic rings. The van der Waals surface area contributed by atoms with Gasteiger partial charge >= 0.3 is 0 Å². The largest absolute Gasteiger partial charge is 0.493 e. The molecule has 1 fully saturated rings. The zero-order valence-electron chi connectivity index (χ0n) is 15.8. The van der Waals surface area contributed by atoms with Crippen LogP contribution in [-0.4, -0.2) is 63.7 Å². The van der Waals surface area contributed by atoms with Crippen LogP contribution in [0.4, 0.5) is 5.69 Å². The standard InChI is InChI=1S/C16H25N3O7S/c1-11-9-18(10-12(2)26-11)27(22,23)17-6-5-13-7-15(24-3)16(25-4)8-14(13)19(20)21/h7-8,11-12,17H,5-6,9-10H2,1-4H3/t11-,12-/m0/s1. The molecule has 152 valence electrons. The Kier molecular flexibility index (Phi) is 6.98. The van der Waals surface area contributed by atoms with Crippen LogP contribution in [0.5, 0.6) is 11.5 Å². The van der Waals surface area contributed by atoms with E-state index in [-0.39, 0.29) is 49.7 Å². The van der Waals surface area contributed by atoms with Crippen molar-refractivity contribution in [2.24, 2.45) is 0 Å². The number of hydrogen-bond donors (Lipinski definition) is 1. The number of rotatable bonds is 8. The molecule has 0 amide bonds. The van der Waals surface area contributed by atoms with Crippen molar-refractivity contribution in [2.45, 2.75) is 32.5 Å². The molecule has 1 aromatic carbocycles. The number of morpholine rings is 1. The Balaban J connectivity index is 2.10. The van der Waals surface area contributed by atoms with Crippen molar-refractivity contribution in [3.05, 3.63) is 27.8 Å². The van der Waals surface area contributed by atoms with Gasteiger partial charge in [-0.25, -0.2) is 4.72 Å². The smallest absolute Gasteiger partial charge is 0.279 e. The van der Waals surface area contributed by atoms with Crippen molar-refractivity contribution in [1.82, 2.24) is 9.03 Å². The highest BCUT2D eigenvalue weighted by Gasteiger charge is 2.30. The van der Waals surface area contributed by atoms with Gasteiger partial charge in [-0.15, -0.1) is 0 Å². The molecule has 0 aliphatic carbocycles. The lowest BCUT2D eigenvalue weighted by Crippen LogP contribution is -2.52. The lowest BCUT2D eigenvalue weighted by atomic mass is 10.1. The first-order valence-electron chi connectivity index (χ1n) is 8.47. The van der Waals surface area contributed by atoms with Crippen molar-refractivity contribution in [3.8, 4) is 11.5 Å². The van der Waals surface area contributed by atoms with Crippen molar-refractivity contribution >= 4 is 15.9 Å². The lowest BCUT2D eigenvalue weighted by molar-refractivity contribution is -0.385. The van der Waals surface area contributed by atoms with Gasteiger partial charge in [-0.1, -0.05) is 0 Å². The molecule has 0 bridgehead atoms. The van der Waals surface area contributed by atoms with Gasteiger partial charge in [-0.2, -0.15) is 12.7 Å². The van der Waals surface area contributed by atoms with E-state index in [1.807, 2.05) is 13.8 Å². The van der Waals surface area contributed by atoms with Gasteiger partial charge in [-0.3, -0.25) is 10.1 Å². The fourth-order valence-corrected chi connectivity index (χ4v) is 4.37. The van der Waals surface area contributed by atoms with Gasteiger partial charge in [-0.05, 0) is 26.3 Å². The molecule has 11 heteroatoms. The van der Waals surface area contributed by atoms with E-state index in [2.05, 4.69) is 4.72 Å². The second-order valence-electron chi connectivity index (χ2n) is 6.32. The van der Waals surface area contributed by atoms with E-state index < -0.39 is 15.1 Å². The minimum atomic E-state index is -3.70. The zero-order chi connectivity index (χ0) is 20.2. The quantitative estimate of drug-likeness (QED) is 0.510. The molecule has 0 radical (unpaired) electrons. The van der Waals surface area contributed by atoms with Crippen LogP contribution in [0, 0.1) is 10.1 Å². The molecule has 1 heterocycles. The molecular weight excluding hydrogens is 378 g/mol. The number of hydrogen-bond acceptors (Lipinski definition) is 7. The number of nitro benzene ring substituents is 1. The van der Waals surface area contributed by atoms with Crippen LogP contribution < -0.4 is 14.2 Å². The molecule has 1 saturated heterocycles. The van der Waals surface area contributed by atoms with E-state index in [9.17, 15) is 18.5 Å². The molecule has 2 atom stereocenters. The highest BCUT2D eigenvalue weighted by atomic mass is 32.2. The first-order chi connectivity index (χ1) is 12.7. The summed E-state index contributed by atoms with van der Waals surface area (Å²) >= 11 is 0. The van der Waals surface area contributed by atoms with Crippen molar-refractivity contribution < 1.29 is 27.6 Å². The molecule has 0 aromatic heterocycles. The van der Waals surface area contributed by atoms with Gasteiger partial charge in [0.1, 0.15) is 0 Å². The summed E-state index contributed by atoms with van der Waals surface area (Å²) in [6, 6.07) is 2.76. The molecule has 27 heavy (non-hydrogen) atoms. The summed E-state index contributed by atoms with van der Waals surface area (Å²) in [6.07, 6.45) is -0.264. The van der Waals surface area contributed by atoms with Crippen LogP contribution in [0.25, 0.3) is 0 Å². The van der Waals surface area contributed by atoms with Gasteiger partial charge < -0.3 is 14.2 Å². The maximum absolute atomic E-state index is 12.5. The van der Waals surface area contributed by atoms with Crippen LogP contribution in [0.2, 0.25) is 0 Å². The first-order valence-corrected chi connectivity index (χ1v) is 9.91. The van der Waals surface area contributed by atoms with Crippen LogP contribution >= 0.6 is 0 Å². The average Bonchev–Trinajstić information content (AvgIpc) is 2.60. The maximum Gasteiger partial charge on any atom is 0.279 e. The summed E-state index contributed by atoms with van der Waals surface area (Å²) in [5.41, 5.74) is 0.199. The molecule has 1 N–H and O–H groups in total. The summed E-state index contributed by atoms with van der Waals surface area (Å²) in [6.45, 7) is 4.15. The Morgan fingerprint density at radius 3 is 2.30 bits per heavy atom. The van der Waals surface area contributed by atoms with E-state index in [0.717, 1.165) is 0 Å². The molecule has 2 rings (SSSR count). The van der Waals surface area contributed by atoms with Crippen LogP contribution in [0.15, 0.2) is 12.1 Å². The van der Waals surface area contributed by atoms with E-state index >= 15 is 0 Å². The third kappa shape index (κ3) is 5.28. The fourth-order valence-electron chi connectivity index (χ4n) is 3.01. The molecule has 0 saturated carbocycles. The SMILES string of the molecule is COc1cc(CCNS(=O)(=O)N2C[C@H](C)O[C@@H](C)C2)c([N+](=O)[O-])cc1OC. The Morgan fingerprint density at radius 2 is 1.78 bits per heavy atom. The van der Waals surface area contributed by atoms with Gasteiger partial charge in [0.25, 0.3) is 15.9 Å². The maximum atomic E-state index is 12.5. The van der Waals surface area contributed by atoms with Gasteiger partial charge in [0, 0.05) is 25.2 Å². The number of nitrogens with zero attached hydrogens (tertiary/aromatic N) is 2. The number of methoxy groups -OCH3 is 2. The Morgan fingerprint density at radius 1 is 1.22 bits per heavy atom. The fraction of sp³-hybridized carbons (Fsp3) is 0.625. The number of nitro groups is 1. The van der Waals surface area contributed by atoms with Gasteiger partial charge in [0.05, 0.1) is 37.4 Å². The molecule has 10 nitrogen and oxygen atoms in total. The summed E-state index contributed by atoms with van der Waals surface area (Å²) < 4.78 is 44.6. The highest BCUT2D eigenvalue weighted by molar-refractivity contribution is 7.87. The molecule has 1 aliphatic rings. The summed E-state index contributed by atoms with van der Waals surface area (Å²) in [4.78, 5) is 10.8. The second kappa shape index (κ2) is 8.83. The van der Waals surface area contributed by atoms with E-state index in [0.29, 0.717) is 11.3 Å². The zero-order valence-corrected chi connectivity index (χ0v) is 16.6. The summed E-state index contributed by atoms with van der Waals surface area (Å²) in [7, 11) is -0.887. The lowest BCUT2D eigenvalue weighted by Gasteiger charge is -2.34. The third-order valence-corrected chi connectivity index (χ3v) is 5.73. The van der Waals surface area contributed by atoms with E-state index in [1.54, 1.807) is 0 Å². The van der Waals surface area contributed by atoms with Gasteiger partial charge in [0.2, 0.25) is 0 Å². The predicted molar refractivity (Wildman–Crippen MR) is 98.4 cm³/mol. The monoisotopic (exact) mass is 403 g/mol. The number of benzene rings is 1. The Hall–Kier alpha value is -1.95. The first kappa shape index (κ1) is 21.4. The second-order valence-corrected chi connectivity index (χ2v) is 8.07.